The van der Waals surface area contributed by atoms with Gasteiger partial charge in [-0.25, -0.2) is 0 Å². The molecule has 1 aromatic rings. The summed E-state index contributed by atoms with van der Waals surface area (Å²) in [7, 11) is 0. The molecule has 2 fully saturated rings. The number of nitrogens with one attached hydrogen (secondary N) is 2. The second kappa shape index (κ2) is 6.56. The van der Waals surface area contributed by atoms with Crippen LogP contribution in [0.15, 0.2) is 24.3 Å². The van der Waals surface area contributed by atoms with Crippen LogP contribution in [0, 0.1) is 5.92 Å². The number of rotatable bonds is 3. The fourth-order valence-corrected chi connectivity index (χ4v) is 2.93. The molecule has 0 spiro atoms. The number of benzene rings is 1. The van der Waals surface area contributed by atoms with Crippen molar-refractivity contribution in [2.75, 3.05) is 25.1 Å². The molecule has 2 N–H and O–H groups in total. The maximum Gasteiger partial charge on any atom is 0.227 e. The Kier molecular flexibility index (Phi) is 4.53. The van der Waals surface area contributed by atoms with E-state index in [1.54, 1.807) is 0 Å². The first kappa shape index (κ1) is 14.5. The summed E-state index contributed by atoms with van der Waals surface area (Å²) in [5.74, 6) is 0.192. The third-order valence-corrected chi connectivity index (χ3v) is 4.04. The molecule has 1 amide bonds. The smallest absolute Gasteiger partial charge is 0.227 e. The topological polar surface area (TPSA) is 59.6 Å². The third-order valence-electron chi connectivity index (χ3n) is 4.04. The molecule has 3 rings (SSSR count). The molecule has 0 bridgehead atoms. The lowest BCUT2D eigenvalue weighted by molar-refractivity contribution is -0.120. The normalized spacial score (nSPS) is 26.7. The molecule has 2 saturated heterocycles. The molecule has 2 atom stereocenters. The summed E-state index contributed by atoms with van der Waals surface area (Å²) in [5, 5.41) is 6.38. The van der Waals surface area contributed by atoms with Crippen LogP contribution in [0.3, 0.4) is 0 Å². The summed E-state index contributed by atoms with van der Waals surface area (Å²) >= 11 is 0. The predicted molar refractivity (Wildman–Crippen MR) is 79.9 cm³/mol. The van der Waals surface area contributed by atoms with Gasteiger partial charge in [0.05, 0.1) is 13.2 Å². The standard InChI is InChI=1S/C16H22N2O3/c1-11-9-12(5-6-17-11)15(19)18-14-4-2-3-13(10-14)16-20-7-8-21-16/h2-4,10-12,16-17H,5-9H2,1H3,(H,18,19). The molecular formula is C16H22N2O3. The molecule has 2 aliphatic heterocycles. The molecule has 114 valence electrons. The lowest BCUT2D eigenvalue weighted by Gasteiger charge is -2.27. The van der Waals surface area contributed by atoms with Crippen molar-refractivity contribution >= 4 is 11.6 Å². The molecule has 5 nitrogen and oxygen atoms in total. The van der Waals surface area contributed by atoms with Gasteiger partial charge in [-0.1, -0.05) is 12.1 Å². The SMILES string of the molecule is CC1CC(C(=O)Nc2cccc(C3OCCO3)c2)CCN1. The van der Waals surface area contributed by atoms with Crippen molar-refractivity contribution in [3.63, 3.8) is 0 Å². The van der Waals surface area contributed by atoms with Gasteiger partial charge < -0.3 is 20.1 Å². The van der Waals surface area contributed by atoms with Crippen LogP contribution in [-0.4, -0.2) is 31.7 Å². The van der Waals surface area contributed by atoms with Gasteiger partial charge in [0.1, 0.15) is 0 Å². The van der Waals surface area contributed by atoms with E-state index >= 15 is 0 Å². The van der Waals surface area contributed by atoms with Gasteiger partial charge in [0.25, 0.3) is 0 Å². The second-order valence-corrected chi connectivity index (χ2v) is 5.76. The number of amides is 1. The Bertz CT molecular complexity index is 500. The van der Waals surface area contributed by atoms with E-state index in [0.29, 0.717) is 19.3 Å². The summed E-state index contributed by atoms with van der Waals surface area (Å²) < 4.78 is 11.0. The lowest BCUT2D eigenvalue weighted by Crippen LogP contribution is -2.40. The fraction of sp³-hybridized carbons (Fsp3) is 0.562. The van der Waals surface area contributed by atoms with Crippen molar-refractivity contribution in [3.05, 3.63) is 29.8 Å². The van der Waals surface area contributed by atoms with E-state index in [0.717, 1.165) is 30.6 Å². The molecule has 1 aromatic carbocycles. The minimum atomic E-state index is -0.305. The average Bonchev–Trinajstić information content (AvgIpc) is 3.02. The van der Waals surface area contributed by atoms with Gasteiger partial charge in [-0.3, -0.25) is 4.79 Å². The van der Waals surface area contributed by atoms with E-state index < -0.39 is 0 Å². The summed E-state index contributed by atoms with van der Waals surface area (Å²) in [4.78, 5) is 12.3. The minimum absolute atomic E-state index is 0.0869. The van der Waals surface area contributed by atoms with Gasteiger partial charge in [-0.15, -0.1) is 0 Å². The summed E-state index contributed by atoms with van der Waals surface area (Å²) in [6.45, 7) is 4.26. The van der Waals surface area contributed by atoms with Gasteiger partial charge in [0.2, 0.25) is 5.91 Å². The number of hydrogen-bond acceptors (Lipinski definition) is 4. The van der Waals surface area contributed by atoms with E-state index in [9.17, 15) is 4.79 Å². The number of hydrogen-bond donors (Lipinski definition) is 2. The summed E-state index contributed by atoms with van der Waals surface area (Å²) in [6.07, 6.45) is 1.48. The maximum atomic E-state index is 12.3. The highest BCUT2D eigenvalue weighted by Crippen LogP contribution is 2.26. The molecule has 0 aliphatic carbocycles. The van der Waals surface area contributed by atoms with Crippen molar-refractivity contribution in [2.45, 2.75) is 32.1 Å². The molecule has 0 aromatic heterocycles. The first-order valence-electron chi connectivity index (χ1n) is 7.60. The molecule has 5 heteroatoms. The van der Waals surface area contributed by atoms with E-state index in [-0.39, 0.29) is 18.1 Å². The van der Waals surface area contributed by atoms with Crippen LogP contribution in [-0.2, 0) is 14.3 Å². The first-order chi connectivity index (χ1) is 10.2. The Morgan fingerprint density at radius 3 is 2.90 bits per heavy atom. The number of piperidine rings is 1. The molecular weight excluding hydrogens is 268 g/mol. The van der Waals surface area contributed by atoms with Crippen LogP contribution >= 0.6 is 0 Å². The Morgan fingerprint density at radius 1 is 1.33 bits per heavy atom. The molecule has 0 radical (unpaired) electrons. The van der Waals surface area contributed by atoms with Crippen molar-refractivity contribution in [2.24, 2.45) is 5.92 Å². The van der Waals surface area contributed by atoms with Gasteiger partial charge >= 0.3 is 0 Å². The van der Waals surface area contributed by atoms with Crippen molar-refractivity contribution in [1.29, 1.82) is 0 Å². The molecule has 2 heterocycles. The average molecular weight is 290 g/mol. The largest absolute Gasteiger partial charge is 0.346 e. The van der Waals surface area contributed by atoms with Crippen molar-refractivity contribution in [1.82, 2.24) is 5.32 Å². The third kappa shape index (κ3) is 3.61. The van der Waals surface area contributed by atoms with E-state index in [4.69, 9.17) is 9.47 Å². The van der Waals surface area contributed by atoms with Crippen LogP contribution in [0.1, 0.15) is 31.6 Å². The zero-order valence-corrected chi connectivity index (χ0v) is 12.3. The number of ether oxygens (including phenoxy) is 2. The van der Waals surface area contributed by atoms with Crippen LogP contribution in [0.2, 0.25) is 0 Å². The highest BCUT2D eigenvalue weighted by molar-refractivity contribution is 5.92. The zero-order chi connectivity index (χ0) is 14.7. The lowest BCUT2D eigenvalue weighted by atomic mass is 9.92. The van der Waals surface area contributed by atoms with Gasteiger partial charge in [-0.05, 0) is 38.4 Å². The number of anilines is 1. The molecule has 2 unspecified atom stereocenters. The molecule has 21 heavy (non-hydrogen) atoms. The highest BCUT2D eigenvalue weighted by atomic mass is 16.7. The molecule has 2 aliphatic rings. The highest BCUT2D eigenvalue weighted by Gasteiger charge is 2.25. The van der Waals surface area contributed by atoms with Crippen LogP contribution in [0.4, 0.5) is 5.69 Å². The van der Waals surface area contributed by atoms with E-state index in [1.807, 2.05) is 24.3 Å². The summed E-state index contributed by atoms with van der Waals surface area (Å²) in [6, 6.07) is 8.11. The Balaban J connectivity index is 1.64. The second-order valence-electron chi connectivity index (χ2n) is 5.76. The number of carbonyl (C=O) groups excluding carboxylic acids is 1. The minimum Gasteiger partial charge on any atom is -0.346 e. The van der Waals surface area contributed by atoms with Gasteiger partial charge in [0.15, 0.2) is 6.29 Å². The van der Waals surface area contributed by atoms with Crippen LogP contribution in [0.25, 0.3) is 0 Å². The van der Waals surface area contributed by atoms with Crippen molar-refractivity contribution < 1.29 is 14.3 Å². The van der Waals surface area contributed by atoms with Crippen LogP contribution < -0.4 is 10.6 Å². The van der Waals surface area contributed by atoms with E-state index in [1.165, 1.54) is 0 Å². The zero-order valence-electron chi connectivity index (χ0n) is 12.3. The van der Waals surface area contributed by atoms with E-state index in [2.05, 4.69) is 17.6 Å². The monoisotopic (exact) mass is 290 g/mol. The Morgan fingerprint density at radius 2 is 2.14 bits per heavy atom. The van der Waals surface area contributed by atoms with Gasteiger partial charge in [-0.2, -0.15) is 0 Å². The maximum absolute atomic E-state index is 12.3. The predicted octanol–water partition coefficient (Wildman–Crippen LogP) is 2.06. The first-order valence-corrected chi connectivity index (χ1v) is 7.60. The number of carbonyl (C=O) groups is 1. The van der Waals surface area contributed by atoms with Gasteiger partial charge in [0, 0.05) is 23.2 Å². The Hall–Kier alpha value is -1.43. The van der Waals surface area contributed by atoms with Crippen molar-refractivity contribution in [3.8, 4) is 0 Å². The Labute approximate surface area is 125 Å². The summed E-state index contributed by atoms with van der Waals surface area (Å²) in [5.41, 5.74) is 1.76. The quantitative estimate of drug-likeness (QED) is 0.894. The fourth-order valence-electron chi connectivity index (χ4n) is 2.93. The molecule has 0 saturated carbocycles. The van der Waals surface area contributed by atoms with Crippen LogP contribution in [0.5, 0.6) is 0 Å².